The summed E-state index contributed by atoms with van der Waals surface area (Å²) >= 11 is 0. The molecule has 2 aromatic rings. The van der Waals surface area contributed by atoms with Crippen LogP contribution in [0.25, 0.3) is 0 Å². The van der Waals surface area contributed by atoms with Gasteiger partial charge in [-0.3, -0.25) is 0 Å². The third-order valence-electron chi connectivity index (χ3n) is 3.31. The van der Waals surface area contributed by atoms with E-state index in [9.17, 15) is 0 Å². The number of aryl methyl sites for hydroxylation is 1. The fourth-order valence-corrected chi connectivity index (χ4v) is 2.25. The van der Waals surface area contributed by atoms with Gasteiger partial charge in [0.25, 0.3) is 0 Å². The highest BCUT2D eigenvalue weighted by atomic mass is 16.5. The lowest BCUT2D eigenvalue weighted by Gasteiger charge is -2.11. The Morgan fingerprint density at radius 1 is 0.950 bits per heavy atom. The van der Waals surface area contributed by atoms with Crippen LogP contribution in [0.1, 0.15) is 29.2 Å². The minimum Gasteiger partial charge on any atom is -0.377 e. The first kappa shape index (κ1) is 14.8. The molecule has 2 rings (SSSR count). The summed E-state index contributed by atoms with van der Waals surface area (Å²) in [7, 11) is 0. The number of benzene rings is 2. The predicted octanol–water partition coefficient (Wildman–Crippen LogP) is 3.82. The molecule has 0 aromatic heterocycles. The van der Waals surface area contributed by atoms with E-state index < -0.39 is 0 Å². The Bertz CT molecular complexity index is 536. The van der Waals surface area contributed by atoms with E-state index >= 15 is 0 Å². The monoisotopic (exact) mass is 269 g/mol. The fourth-order valence-electron chi connectivity index (χ4n) is 2.25. The fraction of sp³-hybridized carbons (Fsp3) is 0.333. The van der Waals surface area contributed by atoms with Crippen molar-refractivity contribution >= 4 is 0 Å². The van der Waals surface area contributed by atoms with Crippen LogP contribution >= 0.6 is 0 Å². The predicted molar refractivity (Wildman–Crippen MR) is 83.5 cm³/mol. The number of nitrogens with one attached hydrogen (secondary N) is 1. The zero-order chi connectivity index (χ0) is 14.2. The average Bonchev–Trinajstić information content (AvgIpc) is 2.46. The zero-order valence-electron chi connectivity index (χ0n) is 12.4. The van der Waals surface area contributed by atoms with Crippen LogP contribution < -0.4 is 5.32 Å². The van der Waals surface area contributed by atoms with Gasteiger partial charge in [-0.2, -0.15) is 0 Å². The molecule has 0 atom stereocenters. The smallest absolute Gasteiger partial charge is 0.0719 e. The lowest BCUT2D eigenvalue weighted by atomic mass is 10.1. The molecule has 1 N–H and O–H groups in total. The molecule has 0 aliphatic rings. The van der Waals surface area contributed by atoms with Gasteiger partial charge in [0.2, 0.25) is 0 Å². The van der Waals surface area contributed by atoms with Gasteiger partial charge in [0.1, 0.15) is 0 Å². The van der Waals surface area contributed by atoms with Gasteiger partial charge in [0.15, 0.2) is 0 Å². The van der Waals surface area contributed by atoms with Crippen LogP contribution in [0.4, 0.5) is 0 Å². The van der Waals surface area contributed by atoms with E-state index in [0.717, 1.165) is 19.7 Å². The van der Waals surface area contributed by atoms with Crippen molar-refractivity contribution in [3.8, 4) is 0 Å². The minimum atomic E-state index is 0.693. The Morgan fingerprint density at radius 3 is 2.50 bits per heavy atom. The maximum absolute atomic E-state index is 5.51. The molecule has 0 spiro atoms. The molecule has 0 aliphatic heterocycles. The Morgan fingerprint density at radius 2 is 1.75 bits per heavy atom. The summed E-state index contributed by atoms with van der Waals surface area (Å²) < 4.78 is 5.51. The first-order valence-electron chi connectivity index (χ1n) is 7.20. The Balaban J connectivity index is 1.90. The second kappa shape index (κ2) is 7.83. The van der Waals surface area contributed by atoms with Gasteiger partial charge >= 0.3 is 0 Å². The standard InChI is InChI=1S/C18H23NO/c1-3-20-14-18-10-5-4-9-17(18)13-19-12-16-8-6-7-15(2)11-16/h4-11,19H,3,12-14H2,1-2H3. The van der Waals surface area contributed by atoms with E-state index in [1.165, 1.54) is 22.3 Å². The number of rotatable bonds is 7. The van der Waals surface area contributed by atoms with E-state index in [1.807, 2.05) is 6.92 Å². The van der Waals surface area contributed by atoms with Crippen LogP contribution in [-0.4, -0.2) is 6.61 Å². The molecule has 0 saturated carbocycles. The highest BCUT2D eigenvalue weighted by Crippen LogP contribution is 2.10. The van der Waals surface area contributed by atoms with Crippen LogP contribution in [0.2, 0.25) is 0 Å². The maximum atomic E-state index is 5.51. The first-order valence-corrected chi connectivity index (χ1v) is 7.20. The van der Waals surface area contributed by atoms with Crippen LogP contribution in [0.15, 0.2) is 48.5 Å². The molecule has 2 aromatic carbocycles. The second-order valence-corrected chi connectivity index (χ2v) is 5.00. The van der Waals surface area contributed by atoms with E-state index in [2.05, 4.69) is 60.8 Å². The van der Waals surface area contributed by atoms with Crippen LogP contribution in [0.5, 0.6) is 0 Å². The van der Waals surface area contributed by atoms with Crippen molar-refractivity contribution < 1.29 is 4.74 Å². The Hall–Kier alpha value is -1.64. The summed E-state index contributed by atoms with van der Waals surface area (Å²) in [4.78, 5) is 0. The molecule has 0 amide bonds. The topological polar surface area (TPSA) is 21.3 Å². The van der Waals surface area contributed by atoms with Crippen molar-refractivity contribution in [1.82, 2.24) is 5.32 Å². The molecule has 2 nitrogen and oxygen atoms in total. The van der Waals surface area contributed by atoms with Gasteiger partial charge in [-0.1, -0.05) is 54.1 Å². The molecular weight excluding hydrogens is 246 g/mol. The molecule has 106 valence electrons. The van der Waals surface area contributed by atoms with Crippen molar-refractivity contribution in [2.24, 2.45) is 0 Å². The molecule has 0 bridgehead atoms. The molecular formula is C18H23NO. The number of ether oxygens (including phenoxy) is 1. The van der Waals surface area contributed by atoms with Gasteiger partial charge in [-0.15, -0.1) is 0 Å². The van der Waals surface area contributed by atoms with Crippen molar-refractivity contribution in [2.75, 3.05) is 6.61 Å². The summed E-state index contributed by atoms with van der Waals surface area (Å²) in [6.07, 6.45) is 0. The highest BCUT2D eigenvalue weighted by molar-refractivity contribution is 5.27. The third-order valence-corrected chi connectivity index (χ3v) is 3.31. The SMILES string of the molecule is CCOCc1ccccc1CNCc1cccc(C)c1. The normalized spacial score (nSPS) is 10.7. The zero-order valence-corrected chi connectivity index (χ0v) is 12.4. The summed E-state index contributed by atoms with van der Waals surface area (Å²) in [5.41, 5.74) is 5.22. The van der Waals surface area contributed by atoms with Crippen molar-refractivity contribution in [3.63, 3.8) is 0 Å². The van der Waals surface area contributed by atoms with Crippen molar-refractivity contribution in [1.29, 1.82) is 0 Å². The average molecular weight is 269 g/mol. The summed E-state index contributed by atoms with van der Waals surface area (Å²) in [6.45, 7) is 7.37. The van der Waals surface area contributed by atoms with Crippen LogP contribution in [-0.2, 0) is 24.4 Å². The number of hydrogen-bond acceptors (Lipinski definition) is 2. The van der Waals surface area contributed by atoms with Crippen molar-refractivity contribution in [3.05, 3.63) is 70.8 Å². The maximum Gasteiger partial charge on any atom is 0.0719 e. The van der Waals surface area contributed by atoms with Crippen LogP contribution in [0, 0.1) is 6.92 Å². The molecule has 0 heterocycles. The van der Waals surface area contributed by atoms with E-state index in [0.29, 0.717) is 6.61 Å². The molecule has 2 heteroatoms. The lowest BCUT2D eigenvalue weighted by Crippen LogP contribution is -2.14. The van der Waals surface area contributed by atoms with Crippen LogP contribution in [0.3, 0.4) is 0 Å². The van der Waals surface area contributed by atoms with Gasteiger partial charge in [0.05, 0.1) is 6.61 Å². The summed E-state index contributed by atoms with van der Waals surface area (Å²) in [5, 5.41) is 3.51. The largest absolute Gasteiger partial charge is 0.377 e. The Kier molecular flexibility index (Phi) is 5.78. The molecule has 0 aliphatic carbocycles. The third kappa shape index (κ3) is 4.48. The summed E-state index contributed by atoms with van der Waals surface area (Å²) in [5.74, 6) is 0. The van der Waals surface area contributed by atoms with Gasteiger partial charge in [0, 0.05) is 19.7 Å². The highest BCUT2D eigenvalue weighted by Gasteiger charge is 2.01. The van der Waals surface area contributed by atoms with E-state index in [1.54, 1.807) is 0 Å². The second-order valence-electron chi connectivity index (χ2n) is 5.00. The quantitative estimate of drug-likeness (QED) is 0.825. The van der Waals surface area contributed by atoms with Gasteiger partial charge < -0.3 is 10.1 Å². The van der Waals surface area contributed by atoms with Gasteiger partial charge in [-0.25, -0.2) is 0 Å². The lowest BCUT2D eigenvalue weighted by molar-refractivity contribution is 0.133. The molecule has 0 fully saturated rings. The number of hydrogen-bond donors (Lipinski definition) is 1. The Labute approximate surface area is 121 Å². The van der Waals surface area contributed by atoms with Gasteiger partial charge in [-0.05, 0) is 30.5 Å². The molecule has 0 radical (unpaired) electrons. The summed E-state index contributed by atoms with van der Waals surface area (Å²) in [6, 6.07) is 17.1. The minimum absolute atomic E-state index is 0.693. The first-order chi connectivity index (χ1) is 9.79. The van der Waals surface area contributed by atoms with E-state index in [-0.39, 0.29) is 0 Å². The molecule has 0 saturated heterocycles. The van der Waals surface area contributed by atoms with E-state index in [4.69, 9.17) is 4.74 Å². The van der Waals surface area contributed by atoms with Crippen molar-refractivity contribution in [2.45, 2.75) is 33.5 Å². The molecule has 0 unspecified atom stereocenters. The molecule has 20 heavy (non-hydrogen) atoms.